The summed E-state index contributed by atoms with van der Waals surface area (Å²) < 4.78 is 16.1. The van der Waals surface area contributed by atoms with Crippen molar-refractivity contribution in [2.24, 2.45) is 0 Å². The van der Waals surface area contributed by atoms with Gasteiger partial charge in [0.2, 0.25) is 5.89 Å². The lowest BCUT2D eigenvalue weighted by atomic mass is 10.1. The summed E-state index contributed by atoms with van der Waals surface area (Å²) in [7, 11) is 1.67. The monoisotopic (exact) mass is 284 g/mol. The molecule has 1 atom stereocenters. The molecule has 1 aromatic rings. The molecule has 2 heterocycles. The molecule has 1 aliphatic rings. The molecular weight excluding hydrogens is 260 g/mol. The van der Waals surface area contributed by atoms with Gasteiger partial charge in [-0.15, -0.1) is 5.10 Å². The average molecular weight is 284 g/mol. The number of rotatable bonds is 9. The molecule has 0 radical (unpaired) electrons. The number of hydrogen-bond donors (Lipinski definition) is 2. The summed E-state index contributed by atoms with van der Waals surface area (Å²) in [6, 6.07) is 0.476. The molecule has 2 N–H and O–H groups in total. The first kappa shape index (κ1) is 15.2. The molecule has 7 heteroatoms. The van der Waals surface area contributed by atoms with E-state index in [-0.39, 0.29) is 0 Å². The maximum absolute atomic E-state index is 5.67. The van der Waals surface area contributed by atoms with Crippen molar-refractivity contribution in [1.29, 1.82) is 0 Å². The van der Waals surface area contributed by atoms with E-state index in [2.05, 4.69) is 20.8 Å². The van der Waals surface area contributed by atoms with Gasteiger partial charge in [-0.05, 0) is 25.7 Å². The number of aromatic nitrogens is 2. The Morgan fingerprint density at radius 2 is 2.25 bits per heavy atom. The number of hydrogen-bond acceptors (Lipinski definition) is 7. The Morgan fingerprint density at radius 1 is 1.30 bits per heavy atom. The summed E-state index contributed by atoms with van der Waals surface area (Å²) in [5, 5.41) is 14.2. The second-order valence-corrected chi connectivity index (χ2v) is 4.87. The highest BCUT2D eigenvalue weighted by Crippen LogP contribution is 2.15. The van der Waals surface area contributed by atoms with Crippen LogP contribution >= 0.6 is 0 Å². The highest BCUT2D eigenvalue weighted by molar-refractivity contribution is 5.16. The largest absolute Gasteiger partial charge is 0.407 e. The smallest absolute Gasteiger partial charge is 0.315 e. The van der Waals surface area contributed by atoms with Gasteiger partial charge in [-0.25, -0.2) is 0 Å². The minimum atomic E-state index is 0.370. The zero-order chi connectivity index (χ0) is 14.0. The standard InChI is InChI=1S/C13H24N4O3/c1-18-9-7-14-10-12-16-17-13(20-12)15-6-5-11-4-2-3-8-19-11/h11,14H,2-10H2,1H3,(H,15,17). The van der Waals surface area contributed by atoms with E-state index in [4.69, 9.17) is 13.9 Å². The Morgan fingerprint density at radius 3 is 3.05 bits per heavy atom. The van der Waals surface area contributed by atoms with Crippen molar-refractivity contribution < 1.29 is 13.9 Å². The molecule has 1 aromatic heterocycles. The van der Waals surface area contributed by atoms with Crippen LogP contribution in [-0.2, 0) is 16.0 Å². The van der Waals surface area contributed by atoms with E-state index in [9.17, 15) is 0 Å². The fraction of sp³-hybridized carbons (Fsp3) is 0.846. The van der Waals surface area contributed by atoms with Crippen molar-refractivity contribution in [3.63, 3.8) is 0 Å². The summed E-state index contributed by atoms with van der Waals surface area (Å²) in [4.78, 5) is 0. The maximum atomic E-state index is 5.67. The van der Waals surface area contributed by atoms with Crippen LogP contribution < -0.4 is 10.6 Å². The zero-order valence-electron chi connectivity index (χ0n) is 12.1. The number of nitrogens with zero attached hydrogens (tertiary/aromatic N) is 2. The number of methoxy groups -OCH3 is 1. The van der Waals surface area contributed by atoms with Crippen LogP contribution in [0.25, 0.3) is 0 Å². The Balaban J connectivity index is 1.59. The van der Waals surface area contributed by atoms with Gasteiger partial charge in [-0.2, -0.15) is 0 Å². The van der Waals surface area contributed by atoms with E-state index < -0.39 is 0 Å². The van der Waals surface area contributed by atoms with Crippen molar-refractivity contribution in [3.05, 3.63) is 5.89 Å². The first-order valence-corrected chi connectivity index (χ1v) is 7.26. The number of ether oxygens (including phenoxy) is 2. The molecule has 0 aliphatic carbocycles. The SMILES string of the molecule is COCCNCc1nnc(NCCC2CCCCO2)o1. The molecule has 0 saturated carbocycles. The van der Waals surface area contributed by atoms with Gasteiger partial charge in [0.25, 0.3) is 0 Å². The van der Waals surface area contributed by atoms with Gasteiger partial charge in [0, 0.05) is 26.8 Å². The number of anilines is 1. The number of nitrogens with one attached hydrogen (secondary N) is 2. The molecule has 1 saturated heterocycles. The summed E-state index contributed by atoms with van der Waals surface area (Å²) in [5.41, 5.74) is 0. The fourth-order valence-corrected chi connectivity index (χ4v) is 2.14. The summed E-state index contributed by atoms with van der Waals surface area (Å²) in [5.74, 6) is 0.581. The highest BCUT2D eigenvalue weighted by atomic mass is 16.5. The normalized spacial score (nSPS) is 19.1. The van der Waals surface area contributed by atoms with Gasteiger partial charge in [0.15, 0.2) is 0 Å². The van der Waals surface area contributed by atoms with Crippen molar-refractivity contribution in [3.8, 4) is 0 Å². The summed E-state index contributed by atoms with van der Waals surface area (Å²) >= 11 is 0. The third kappa shape index (κ3) is 5.44. The van der Waals surface area contributed by atoms with Crippen LogP contribution in [-0.4, -0.2) is 49.7 Å². The van der Waals surface area contributed by atoms with Gasteiger partial charge in [-0.1, -0.05) is 5.10 Å². The van der Waals surface area contributed by atoms with Gasteiger partial charge < -0.3 is 24.5 Å². The van der Waals surface area contributed by atoms with Crippen LogP contribution in [0, 0.1) is 0 Å². The van der Waals surface area contributed by atoms with Crippen molar-refractivity contribution in [1.82, 2.24) is 15.5 Å². The van der Waals surface area contributed by atoms with E-state index in [0.29, 0.717) is 31.2 Å². The molecule has 1 unspecified atom stereocenters. The van der Waals surface area contributed by atoms with E-state index in [0.717, 1.165) is 32.5 Å². The third-order valence-corrected chi connectivity index (χ3v) is 3.24. The van der Waals surface area contributed by atoms with Gasteiger partial charge in [0.05, 0.1) is 19.3 Å². The van der Waals surface area contributed by atoms with Crippen molar-refractivity contribution in [2.45, 2.75) is 38.3 Å². The van der Waals surface area contributed by atoms with E-state index in [1.54, 1.807) is 7.11 Å². The van der Waals surface area contributed by atoms with Crippen molar-refractivity contribution in [2.75, 3.05) is 38.7 Å². The maximum Gasteiger partial charge on any atom is 0.315 e. The average Bonchev–Trinajstić information content (AvgIpc) is 2.93. The molecular formula is C13H24N4O3. The molecule has 20 heavy (non-hydrogen) atoms. The van der Waals surface area contributed by atoms with Crippen LogP contribution in [0.2, 0.25) is 0 Å². The molecule has 114 valence electrons. The fourth-order valence-electron chi connectivity index (χ4n) is 2.14. The van der Waals surface area contributed by atoms with E-state index in [1.807, 2.05) is 0 Å². The van der Waals surface area contributed by atoms with Gasteiger partial charge >= 0.3 is 6.01 Å². The van der Waals surface area contributed by atoms with Crippen molar-refractivity contribution >= 4 is 6.01 Å². The van der Waals surface area contributed by atoms with Gasteiger partial charge in [-0.3, -0.25) is 0 Å². The first-order valence-electron chi connectivity index (χ1n) is 7.26. The Hall–Kier alpha value is -1.18. The minimum absolute atomic E-state index is 0.370. The van der Waals surface area contributed by atoms with Crippen LogP contribution in [0.5, 0.6) is 0 Å². The summed E-state index contributed by atoms with van der Waals surface area (Å²) in [6.45, 7) is 3.68. The third-order valence-electron chi connectivity index (χ3n) is 3.24. The van der Waals surface area contributed by atoms with Gasteiger partial charge in [0.1, 0.15) is 0 Å². The molecule has 0 bridgehead atoms. The molecule has 1 fully saturated rings. The molecule has 0 amide bonds. The predicted molar refractivity (Wildman–Crippen MR) is 74.6 cm³/mol. The Labute approximate surface area is 119 Å². The Kier molecular flexibility index (Phi) is 6.76. The lowest BCUT2D eigenvalue weighted by Gasteiger charge is -2.22. The first-order chi connectivity index (χ1) is 9.88. The molecule has 2 rings (SSSR count). The van der Waals surface area contributed by atoms with E-state index >= 15 is 0 Å². The Bertz CT molecular complexity index is 366. The minimum Gasteiger partial charge on any atom is -0.407 e. The van der Waals surface area contributed by atoms with Crippen LogP contribution in [0.1, 0.15) is 31.6 Å². The van der Waals surface area contributed by atoms with Crippen LogP contribution in [0.4, 0.5) is 6.01 Å². The second kappa shape index (κ2) is 8.89. The lowest BCUT2D eigenvalue weighted by Crippen LogP contribution is -2.22. The topological polar surface area (TPSA) is 81.4 Å². The van der Waals surface area contributed by atoms with Crippen LogP contribution in [0.15, 0.2) is 4.42 Å². The highest BCUT2D eigenvalue weighted by Gasteiger charge is 2.13. The molecule has 0 aromatic carbocycles. The lowest BCUT2D eigenvalue weighted by molar-refractivity contribution is 0.0134. The van der Waals surface area contributed by atoms with Crippen LogP contribution in [0.3, 0.4) is 0 Å². The van der Waals surface area contributed by atoms with E-state index in [1.165, 1.54) is 12.8 Å². The predicted octanol–water partition coefficient (Wildman–Crippen LogP) is 1.18. The molecule has 0 spiro atoms. The molecule has 7 nitrogen and oxygen atoms in total. The molecule has 1 aliphatic heterocycles. The zero-order valence-corrected chi connectivity index (χ0v) is 12.1. The second-order valence-electron chi connectivity index (χ2n) is 4.87. The quantitative estimate of drug-likeness (QED) is 0.659. The summed E-state index contributed by atoms with van der Waals surface area (Å²) in [6.07, 6.45) is 4.95.